The van der Waals surface area contributed by atoms with E-state index in [9.17, 15) is 8.42 Å². The van der Waals surface area contributed by atoms with Crippen LogP contribution in [0.15, 0.2) is 58.2 Å². The normalized spacial score (nSPS) is 11.6. The van der Waals surface area contributed by atoms with Crippen molar-refractivity contribution in [3.05, 3.63) is 63.8 Å². The molecule has 0 unspecified atom stereocenters. The Labute approximate surface area is 159 Å². The number of sulfonamides is 1. The average molecular weight is 438 g/mol. The van der Waals surface area contributed by atoms with Gasteiger partial charge in [-0.1, -0.05) is 15.9 Å². The summed E-state index contributed by atoms with van der Waals surface area (Å²) in [6, 6.07) is 10.4. The SMILES string of the molecule is Cc1nc(-c2cccnc2)sc1CCNS(=O)(=O)c1ccc(Br)cc1. The third kappa shape index (κ3) is 4.52. The molecule has 2 heterocycles. The molecule has 0 spiro atoms. The second-order valence-corrected chi connectivity index (χ2v) is 9.14. The topological polar surface area (TPSA) is 72.0 Å². The first kappa shape index (κ1) is 18.2. The second kappa shape index (κ2) is 7.74. The summed E-state index contributed by atoms with van der Waals surface area (Å²) in [5, 5.41) is 0.899. The van der Waals surface area contributed by atoms with Gasteiger partial charge in [-0.15, -0.1) is 11.3 Å². The molecule has 0 fully saturated rings. The molecule has 0 amide bonds. The van der Waals surface area contributed by atoms with E-state index in [1.807, 2.05) is 19.1 Å². The van der Waals surface area contributed by atoms with Crippen LogP contribution in [-0.4, -0.2) is 24.9 Å². The number of nitrogens with zero attached hydrogens (tertiary/aromatic N) is 2. The summed E-state index contributed by atoms with van der Waals surface area (Å²) in [6.45, 7) is 2.27. The van der Waals surface area contributed by atoms with Gasteiger partial charge in [-0.2, -0.15) is 0 Å². The van der Waals surface area contributed by atoms with Crippen LogP contribution < -0.4 is 4.72 Å². The van der Waals surface area contributed by atoms with Crippen LogP contribution in [0.2, 0.25) is 0 Å². The standard InChI is InChI=1S/C17H16BrN3O2S2/c1-12-16(24-17(21-12)13-3-2-9-19-11-13)8-10-20-25(22,23)15-6-4-14(18)5-7-15/h2-7,9,11,20H,8,10H2,1H3. The number of hydrogen-bond donors (Lipinski definition) is 1. The van der Waals surface area contributed by atoms with E-state index in [0.29, 0.717) is 13.0 Å². The molecule has 0 aliphatic carbocycles. The lowest BCUT2D eigenvalue weighted by Gasteiger charge is -2.06. The molecule has 2 aromatic heterocycles. The molecule has 0 bridgehead atoms. The van der Waals surface area contributed by atoms with Gasteiger partial charge in [0, 0.05) is 33.9 Å². The van der Waals surface area contributed by atoms with E-state index in [1.54, 1.807) is 48.0 Å². The number of nitrogens with one attached hydrogen (secondary N) is 1. The minimum atomic E-state index is -3.50. The fourth-order valence-corrected chi connectivity index (χ4v) is 4.62. The van der Waals surface area contributed by atoms with Crippen molar-refractivity contribution in [3.63, 3.8) is 0 Å². The van der Waals surface area contributed by atoms with Crippen molar-refractivity contribution in [2.45, 2.75) is 18.2 Å². The van der Waals surface area contributed by atoms with Crippen LogP contribution in [0.25, 0.3) is 10.6 Å². The van der Waals surface area contributed by atoms with E-state index in [-0.39, 0.29) is 4.90 Å². The van der Waals surface area contributed by atoms with Crippen molar-refractivity contribution in [2.24, 2.45) is 0 Å². The van der Waals surface area contributed by atoms with Crippen molar-refractivity contribution in [2.75, 3.05) is 6.54 Å². The average Bonchev–Trinajstić information content (AvgIpc) is 2.97. The van der Waals surface area contributed by atoms with Gasteiger partial charge in [0.1, 0.15) is 5.01 Å². The predicted molar refractivity (Wildman–Crippen MR) is 103 cm³/mol. The van der Waals surface area contributed by atoms with Gasteiger partial charge in [-0.3, -0.25) is 4.98 Å². The molecule has 3 aromatic rings. The zero-order valence-electron chi connectivity index (χ0n) is 13.4. The Morgan fingerprint density at radius 1 is 1.20 bits per heavy atom. The summed E-state index contributed by atoms with van der Waals surface area (Å²) in [5.74, 6) is 0. The first-order valence-corrected chi connectivity index (χ1v) is 10.7. The summed E-state index contributed by atoms with van der Waals surface area (Å²) in [5.41, 5.74) is 1.89. The van der Waals surface area contributed by atoms with Crippen LogP contribution in [0.1, 0.15) is 10.6 Å². The largest absolute Gasteiger partial charge is 0.264 e. The third-order valence-corrected chi connectivity index (χ3v) is 6.84. The van der Waals surface area contributed by atoms with Crippen LogP contribution in [0, 0.1) is 6.92 Å². The monoisotopic (exact) mass is 437 g/mol. The van der Waals surface area contributed by atoms with Crippen LogP contribution in [-0.2, 0) is 16.4 Å². The van der Waals surface area contributed by atoms with E-state index in [1.165, 1.54) is 0 Å². The summed E-state index contributed by atoms with van der Waals surface area (Å²) < 4.78 is 28.1. The van der Waals surface area contributed by atoms with Gasteiger partial charge in [0.2, 0.25) is 10.0 Å². The number of pyridine rings is 1. The minimum absolute atomic E-state index is 0.257. The predicted octanol–water partition coefficient (Wildman–Crippen LogP) is 3.80. The zero-order chi connectivity index (χ0) is 17.9. The Kier molecular flexibility index (Phi) is 5.63. The van der Waals surface area contributed by atoms with Crippen LogP contribution in [0.4, 0.5) is 0 Å². The number of rotatable bonds is 6. The first-order valence-electron chi connectivity index (χ1n) is 7.57. The Hall–Kier alpha value is -1.61. The van der Waals surface area contributed by atoms with Crippen molar-refractivity contribution < 1.29 is 8.42 Å². The Morgan fingerprint density at radius 2 is 1.96 bits per heavy atom. The van der Waals surface area contributed by atoms with E-state index in [2.05, 4.69) is 30.6 Å². The summed E-state index contributed by atoms with van der Waals surface area (Å²) in [7, 11) is -3.50. The molecular weight excluding hydrogens is 422 g/mol. The van der Waals surface area contributed by atoms with Crippen molar-refractivity contribution >= 4 is 37.3 Å². The van der Waals surface area contributed by atoms with Crippen molar-refractivity contribution in [1.82, 2.24) is 14.7 Å². The van der Waals surface area contributed by atoms with E-state index in [0.717, 1.165) is 25.6 Å². The molecule has 0 atom stereocenters. The Balaban J connectivity index is 1.66. The fraction of sp³-hybridized carbons (Fsp3) is 0.176. The van der Waals surface area contributed by atoms with Gasteiger partial charge in [0.25, 0.3) is 0 Å². The van der Waals surface area contributed by atoms with Gasteiger partial charge >= 0.3 is 0 Å². The molecule has 1 N–H and O–H groups in total. The van der Waals surface area contributed by atoms with Gasteiger partial charge in [-0.25, -0.2) is 18.1 Å². The first-order chi connectivity index (χ1) is 12.0. The smallest absolute Gasteiger partial charge is 0.240 e. The number of aromatic nitrogens is 2. The van der Waals surface area contributed by atoms with Crippen LogP contribution >= 0.6 is 27.3 Å². The summed E-state index contributed by atoms with van der Waals surface area (Å²) >= 11 is 4.87. The molecule has 130 valence electrons. The molecule has 5 nitrogen and oxygen atoms in total. The molecule has 0 aliphatic heterocycles. The highest BCUT2D eigenvalue weighted by Crippen LogP contribution is 2.27. The molecule has 0 saturated carbocycles. The number of aryl methyl sites for hydroxylation is 1. The van der Waals surface area contributed by atoms with Gasteiger partial charge < -0.3 is 0 Å². The molecule has 3 rings (SSSR count). The third-order valence-electron chi connectivity index (χ3n) is 3.57. The number of halogens is 1. The minimum Gasteiger partial charge on any atom is -0.264 e. The lowest BCUT2D eigenvalue weighted by Crippen LogP contribution is -2.25. The zero-order valence-corrected chi connectivity index (χ0v) is 16.7. The molecule has 0 saturated heterocycles. The van der Waals surface area contributed by atoms with E-state index < -0.39 is 10.0 Å². The van der Waals surface area contributed by atoms with Crippen LogP contribution in [0.3, 0.4) is 0 Å². The molecule has 8 heteroatoms. The highest BCUT2D eigenvalue weighted by atomic mass is 79.9. The molecule has 25 heavy (non-hydrogen) atoms. The van der Waals surface area contributed by atoms with Crippen LogP contribution in [0.5, 0.6) is 0 Å². The van der Waals surface area contributed by atoms with Gasteiger partial charge in [-0.05, 0) is 49.7 Å². The van der Waals surface area contributed by atoms with Crippen molar-refractivity contribution in [3.8, 4) is 10.6 Å². The Bertz CT molecular complexity index is 955. The fourth-order valence-electron chi connectivity index (χ4n) is 2.27. The number of benzene rings is 1. The highest BCUT2D eigenvalue weighted by Gasteiger charge is 2.14. The number of thiazole rings is 1. The molecule has 0 radical (unpaired) electrons. The maximum atomic E-state index is 12.3. The second-order valence-electron chi connectivity index (χ2n) is 5.37. The van der Waals surface area contributed by atoms with Crippen molar-refractivity contribution in [1.29, 1.82) is 0 Å². The quantitative estimate of drug-likeness (QED) is 0.636. The lowest BCUT2D eigenvalue weighted by molar-refractivity contribution is 0.581. The van der Waals surface area contributed by atoms with Gasteiger partial charge in [0.05, 0.1) is 10.6 Å². The maximum Gasteiger partial charge on any atom is 0.240 e. The lowest BCUT2D eigenvalue weighted by atomic mass is 10.3. The Morgan fingerprint density at radius 3 is 2.64 bits per heavy atom. The van der Waals surface area contributed by atoms with Gasteiger partial charge in [0.15, 0.2) is 0 Å². The highest BCUT2D eigenvalue weighted by molar-refractivity contribution is 9.10. The summed E-state index contributed by atoms with van der Waals surface area (Å²) in [6.07, 6.45) is 4.10. The van der Waals surface area contributed by atoms with E-state index >= 15 is 0 Å². The molecule has 1 aromatic carbocycles. The molecular formula is C17H16BrN3O2S2. The molecule has 0 aliphatic rings. The maximum absolute atomic E-state index is 12.3. The summed E-state index contributed by atoms with van der Waals surface area (Å²) in [4.78, 5) is 9.99. The number of hydrogen-bond acceptors (Lipinski definition) is 5. The van der Waals surface area contributed by atoms with E-state index in [4.69, 9.17) is 0 Å².